The van der Waals surface area contributed by atoms with Gasteiger partial charge in [0.25, 0.3) is 0 Å². The van der Waals surface area contributed by atoms with Crippen molar-refractivity contribution >= 4 is 11.3 Å². The van der Waals surface area contributed by atoms with Gasteiger partial charge in [-0.2, -0.15) is 0 Å². The Labute approximate surface area is 111 Å². The Balaban J connectivity index is 1.98. The number of thiophene rings is 1. The predicted molar refractivity (Wildman–Crippen MR) is 73.1 cm³/mol. The van der Waals surface area contributed by atoms with Crippen LogP contribution in [0.3, 0.4) is 0 Å². The van der Waals surface area contributed by atoms with Gasteiger partial charge in [-0.3, -0.25) is 4.98 Å². The molecule has 2 aromatic heterocycles. The van der Waals surface area contributed by atoms with E-state index in [1.807, 2.05) is 6.92 Å². The number of aryl methyl sites for hydroxylation is 1. The highest BCUT2D eigenvalue weighted by atomic mass is 32.1. The molecule has 4 heteroatoms. The van der Waals surface area contributed by atoms with Crippen LogP contribution in [-0.2, 0) is 13.0 Å². The minimum Gasteiger partial charge on any atom is -0.305 e. The van der Waals surface area contributed by atoms with Crippen molar-refractivity contribution in [2.24, 2.45) is 0 Å². The fraction of sp³-hybridized carbons (Fsp3) is 0.357. The summed E-state index contributed by atoms with van der Waals surface area (Å²) < 4.78 is 13.1. The first kappa shape index (κ1) is 13.2. The SMILES string of the molecule is CCc1ccsc1CNC(C)c1cncc(F)c1. The number of rotatable bonds is 5. The molecule has 1 N–H and O–H groups in total. The molecule has 0 aromatic carbocycles. The van der Waals surface area contributed by atoms with Crippen LogP contribution in [0, 0.1) is 5.82 Å². The van der Waals surface area contributed by atoms with Crippen molar-refractivity contribution in [1.29, 1.82) is 0 Å². The maximum absolute atomic E-state index is 13.1. The van der Waals surface area contributed by atoms with Crippen molar-refractivity contribution in [3.05, 3.63) is 51.7 Å². The summed E-state index contributed by atoms with van der Waals surface area (Å²) in [5.74, 6) is -0.286. The third-order valence-corrected chi connectivity index (χ3v) is 3.98. The Hall–Kier alpha value is -1.26. The number of halogens is 1. The van der Waals surface area contributed by atoms with Crippen LogP contribution >= 0.6 is 11.3 Å². The molecular weight excluding hydrogens is 247 g/mol. The van der Waals surface area contributed by atoms with Gasteiger partial charge in [0, 0.05) is 23.7 Å². The Bertz CT molecular complexity index is 510. The van der Waals surface area contributed by atoms with Gasteiger partial charge >= 0.3 is 0 Å². The Morgan fingerprint density at radius 1 is 1.44 bits per heavy atom. The van der Waals surface area contributed by atoms with E-state index in [0.717, 1.165) is 18.5 Å². The average molecular weight is 264 g/mol. The summed E-state index contributed by atoms with van der Waals surface area (Å²) in [5.41, 5.74) is 2.27. The van der Waals surface area contributed by atoms with E-state index in [1.54, 1.807) is 17.5 Å². The van der Waals surface area contributed by atoms with Crippen LogP contribution in [0.25, 0.3) is 0 Å². The van der Waals surface area contributed by atoms with Gasteiger partial charge in [0.2, 0.25) is 0 Å². The van der Waals surface area contributed by atoms with E-state index in [0.29, 0.717) is 0 Å². The van der Waals surface area contributed by atoms with Crippen LogP contribution in [0.15, 0.2) is 29.9 Å². The molecule has 0 aliphatic rings. The van der Waals surface area contributed by atoms with Gasteiger partial charge in [-0.25, -0.2) is 4.39 Å². The molecule has 96 valence electrons. The second-order valence-electron chi connectivity index (χ2n) is 4.26. The number of aromatic nitrogens is 1. The summed E-state index contributed by atoms with van der Waals surface area (Å²) in [6.45, 7) is 5.00. The highest BCUT2D eigenvalue weighted by Crippen LogP contribution is 2.19. The Morgan fingerprint density at radius 2 is 2.28 bits per heavy atom. The van der Waals surface area contributed by atoms with Gasteiger partial charge in [-0.15, -0.1) is 11.3 Å². The van der Waals surface area contributed by atoms with Gasteiger partial charge in [-0.1, -0.05) is 6.92 Å². The number of pyridine rings is 1. The van der Waals surface area contributed by atoms with Crippen molar-refractivity contribution < 1.29 is 4.39 Å². The standard InChI is InChI=1S/C14H17FN2S/c1-3-11-4-5-18-14(11)9-17-10(2)12-6-13(15)8-16-7-12/h4-8,10,17H,3,9H2,1-2H3. The molecule has 2 rings (SSSR count). The molecule has 2 heterocycles. The van der Waals surface area contributed by atoms with Crippen LogP contribution in [0.5, 0.6) is 0 Å². The van der Waals surface area contributed by atoms with Crippen molar-refractivity contribution in [2.75, 3.05) is 0 Å². The van der Waals surface area contributed by atoms with E-state index in [4.69, 9.17) is 0 Å². The molecule has 0 aliphatic carbocycles. The molecule has 0 aliphatic heterocycles. The Morgan fingerprint density at radius 3 is 3.00 bits per heavy atom. The summed E-state index contributed by atoms with van der Waals surface area (Å²) in [6.07, 6.45) is 3.98. The lowest BCUT2D eigenvalue weighted by atomic mass is 10.1. The van der Waals surface area contributed by atoms with E-state index in [1.165, 1.54) is 22.7 Å². The maximum Gasteiger partial charge on any atom is 0.141 e. The maximum atomic E-state index is 13.1. The summed E-state index contributed by atoms with van der Waals surface area (Å²) in [4.78, 5) is 5.23. The minimum absolute atomic E-state index is 0.0972. The van der Waals surface area contributed by atoms with Crippen LogP contribution < -0.4 is 5.32 Å². The first-order valence-corrected chi connectivity index (χ1v) is 6.97. The second kappa shape index (κ2) is 6.07. The lowest BCUT2D eigenvalue weighted by molar-refractivity contribution is 0.562. The fourth-order valence-electron chi connectivity index (χ4n) is 1.87. The van der Waals surface area contributed by atoms with Crippen molar-refractivity contribution in [3.63, 3.8) is 0 Å². The highest BCUT2D eigenvalue weighted by Gasteiger charge is 2.08. The van der Waals surface area contributed by atoms with Gasteiger partial charge in [0.1, 0.15) is 5.82 Å². The molecule has 1 unspecified atom stereocenters. The third-order valence-electron chi connectivity index (χ3n) is 3.01. The molecule has 0 saturated heterocycles. The third kappa shape index (κ3) is 3.15. The largest absolute Gasteiger partial charge is 0.305 e. The molecule has 2 aromatic rings. The number of hydrogen-bond acceptors (Lipinski definition) is 3. The fourth-order valence-corrected chi connectivity index (χ4v) is 2.79. The monoisotopic (exact) mass is 264 g/mol. The van der Waals surface area contributed by atoms with Crippen LogP contribution in [-0.4, -0.2) is 4.98 Å². The zero-order valence-corrected chi connectivity index (χ0v) is 11.4. The minimum atomic E-state index is -0.286. The summed E-state index contributed by atoms with van der Waals surface area (Å²) in [5, 5.41) is 5.52. The summed E-state index contributed by atoms with van der Waals surface area (Å²) >= 11 is 1.76. The van der Waals surface area contributed by atoms with E-state index >= 15 is 0 Å². The lowest BCUT2D eigenvalue weighted by Crippen LogP contribution is -2.18. The molecule has 0 bridgehead atoms. The van der Waals surface area contributed by atoms with Gasteiger partial charge < -0.3 is 5.32 Å². The number of nitrogens with one attached hydrogen (secondary N) is 1. The van der Waals surface area contributed by atoms with Crippen LogP contribution in [0.4, 0.5) is 4.39 Å². The normalized spacial score (nSPS) is 12.6. The molecule has 0 spiro atoms. The first-order valence-electron chi connectivity index (χ1n) is 6.09. The van der Waals surface area contributed by atoms with Crippen LogP contribution in [0.1, 0.15) is 35.9 Å². The summed E-state index contributed by atoms with van der Waals surface area (Å²) in [7, 11) is 0. The predicted octanol–water partition coefficient (Wildman–Crippen LogP) is 3.70. The van der Waals surface area contributed by atoms with Crippen molar-refractivity contribution in [3.8, 4) is 0 Å². The first-order chi connectivity index (χ1) is 8.70. The lowest BCUT2D eigenvalue weighted by Gasteiger charge is -2.13. The van der Waals surface area contributed by atoms with E-state index in [9.17, 15) is 4.39 Å². The van der Waals surface area contributed by atoms with Crippen molar-refractivity contribution in [1.82, 2.24) is 10.3 Å². The molecular formula is C14H17FN2S. The number of nitrogens with zero attached hydrogens (tertiary/aromatic N) is 1. The van der Waals surface area contributed by atoms with Crippen molar-refractivity contribution in [2.45, 2.75) is 32.9 Å². The second-order valence-corrected chi connectivity index (χ2v) is 5.26. The van der Waals surface area contributed by atoms with Gasteiger partial charge in [0.15, 0.2) is 0 Å². The molecule has 2 nitrogen and oxygen atoms in total. The molecule has 0 radical (unpaired) electrons. The Kier molecular flexibility index (Phi) is 4.44. The number of hydrogen-bond donors (Lipinski definition) is 1. The molecule has 0 fully saturated rings. The smallest absolute Gasteiger partial charge is 0.141 e. The molecule has 18 heavy (non-hydrogen) atoms. The molecule has 0 amide bonds. The topological polar surface area (TPSA) is 24.9 Å². The van der Waals surface area contributed by atoms with Crippen LogP contribution in [0.2, 0.25) is 0 Å². The quantitative estimate of drug-likeness (QED) is 0.890. The van der Waals surface area contributed by atoms with Gasteiger partial charge in [-0.05, 0) is 42.0 Å². The average Bonchev–Trinajstić information content (AvgIpc) is 2.83. The highest BCUT2D eigenvalue weighted by molar-refractivity contribution is 7.10. The zero-order valence-electron chi connectivity index (χ0n) is 10.6. The molecule has 1 atom stereocenters. The molecule has 0 saturated carbocycles. The van der Waals surface area contributed by atoms with Gasteiger partial charge in [0.05, 0.1) is 6.20 Å². The van der Waals surface area contributed by atoms with E-state index in [-0.39, 0.29) is 11.9 Å². The zero-order chi connectivity index (χ0) is 13.0. The summed E-state index contributed by atoms with van der Waals surface area (Å²) in [6, 6.07) is 3.79. The van der Waals surface area contributed by atoms with E-state index < -0.39 is 0 Å². The van der Waals surface area contributed by atoms with E-state index in [2.05, 4.69) is 28.7 Å².